The lowest BCUT2D eigenvalue weighted by Gasteiger charge is -2.25. The normalized spacial score (nSPS) is 15.5. The molecule has 1 atom stereocenters. The minimum absolute atomic E-state index is 0.301. The van der Waals surface area contributed by atoms with Gasteiger partial charge in [0.2, 0.25) is 0 Å². The number of aromatic nitrogens is 2. The third-order valence-electron chi connectivity index (χ3n) is 5.19. The Morgan fingerprint density at radius 3 is 2.57 bits per heavy atom. The molecule has 0 spiro atoms. The van der Waals surface area contributed by atoms with Crippen molar-refractivity contribution in [3.8, 4) is 0 Å². The van der Waals surface area contributed by atoms with Crippen LogP contribution < -0.4 is 11.0 Å². The number of ether oxygens (including phenoxy) is 1. The fraction of sp³-hybridized carbons (Fsp3) is 0.0870. The maximum absolute atomic E-state index is 12.8. The monoisotopic (exact) mass is 399 g/mol. The minimum Gasteiger partial charge on any atom is -0.454 e. The number of amides is 1. The van der Waals surface area contributed by atoms with Crippen LogP contribution in [0.25, 0.3) is 11.0 Å². The summed E-state index contributed by atoms with van der Waals surface area (Å²) in [5, 5.41) is 2.83. The molecule has 1 aromatic heterocycles. The van der Waals surface area contributed by atoms with Crippen LogP contribution in [0.15, 0.2) is 71.5 Å². The number of fused-ring (bicyclic) bond motifs is 2. The second kappa shape index (κ2) is 7.04. The van der Waals surface area contributed by atoms with Crippen LogP contribution in [-0.2, 0) is 11.2 Å². The molecule has 0 bridgehead atoms. The van der Waals surface area contributed by atoms with Crippen LogP contribution in [0, 0.1) is 0 Å². The highest BCUT2D eigenvalue weighted by atomic mass is 16.5. The van der Waals surface area contributed by atoms with E-state index in [9.17, 15) is 14.4 Å². The van der Waals surface area contributed by atoms with E-state index in [0.717, 1.165) is 11.1 Å². The zero-order chi connectivity index (χ0) is 20.7. The molecule has 3 N–H and O–H groups in total. The van der Waals surface area contributed by atoms with E-state index in [1.54, 1.807) is 36.4 Å². The molecule has 1 aliphatic heterocycles. The van der Waals surface area contributed by atoms with Crippen molar-refractivity contribution in [1.29, 1.82) is 0 Å². The number of rotatable bonds is 3. The van der Waals surface area contributed by atoms with E-state index < -0.39 is 0 Å². The van der Waals surface area contributed by atoms with Gasteiger partial charge in [0.25, 0.3) is 5.91 Å². The van der Waals surface area contributed by atoms with E-state index in [1.807, 2.05) is 30.3 Å². The molecule has 7 heteroatoms. The summed E-state index contributed by atoms with van der Waals surface area (Å²) >= 11 is 0. The van der Waals surface area contributed by atoms with Gasteiger partial charge in [-0.25, -0.2) is 9.59 Å². The van der Waals surface area contributed by atoms with Gasteiger partial charge in [0.1, 0.15) is 6.10 Å². The molecule has 2 heterocycles. The van der Waals surface area contributed by atoms with Crippen molar-refractivity contribution in [2.75, 3.05) is 5.32 Å². The zero-order valence-electron chi connectivity index (χ0n) is 15.8. The molecule has 0 fully saturated rings. The quantitative estimate of drug-likeness (QED) is 0.458. The SMILES string of the molecule is O=C(Nc1ccc2[nH]c(=O)[nH]c2c1)c1ccc2c(c1)C[C@@H](c1ccccc1)OC2=O. The highest BCUT2D eigenvalue weighted by Gasteiger charge is 2.28. The predicted molar refractivity (Wildman–Crippen MR) is 112 cm³/mol. The molecule has 0 unspecified atom stereocenters. The Labute approximate surface area is 170 Å². The molecule has 5 rings (SSSR count). The number of esters is 1. The third-order valence-corrected chi connectivity index (χ3v) is 5.19. The number of nitrogens with one attached hydrogen (secondary N) is 3. The van der Waals surface area contributed by atoms with Crippen molar-refractivity contribution in [1.82, 2.24) is 9.97 Å². The Morgan fingerprint density at radius 1 is 0.933 bits per heavy atom. The van der Waals surface area contributed by atoms with Gasteiger partial charge in [-0.1, -0.05) is 30.3 Å². The average Bonchev–Trinajstić information content (AvgIpc) is 3.13. The molecular weight excluding hydrogens is 382 g/mol. The van der Waals surface area contributed by atoms with Crippen LogP contribution in [0.2, 0.25) is 0 Å². The summed E-state index contributed by atoms with van der Waals surface area (Å²) in [5.41, 5.74) is 4.14. The standard InChI is InChI=1S/C23H17N3O4/c27-21(24-16-7-9-18-19(12-16)26-23(29)25-18)14-6-8-17-15(10-14)11-20(30-22(17)28)13-4-2-1-3-5-13/h1-10,12,20H,11H2,(H,24,27)(H2,25,26,29)/t20-/m0/s1. The topological polar surface area (TPSA) is 104 Å². The zero-order valence-corrected chi connectivity index (χ0v) is 15.8. The number of hydrogen-bond acceptors (Lipinski definition) is 4. The Balaban J connectivity index is 1.40. The molecule has 1 amide bonds. The maximum Gasteiger partial charge on any atom is 0.339 e. The lowest BCUT2D eigenvalue weighted by atomic mass is 9.93. The van der Waals surface area contributed by atoms with Crippen LogP contribution in [0.4, 0.5) is 5.69 Å². The van der Waals surface area contributed by atoms with Gasteiger partial charge in [-0.05, 0) is 47.5 Å². The highest BCUT2D eigenvalue weighted by molar-refractivity contribution is 6.06. The molecule has 30 heavy (non-hydrogen) atoms. The first-order valence-corrected chi connectivity index (χ1v) is 9.49. The molecular formula is C23H17N3O4. The summed E-state index contributed by atoms with van der Waals surface area (Å²) in [4.78, 5) is 41.9. The van der Waals surface area contributed by atoms with Crippen LogP contribution in [0.1, 0.15) is 37.9 Å². The summed E-state index contributed by atoms with van der Waals surface area (Å²) < 4.78 is 5.57. The fourth-order valence-electron chi connectivity index (χ4n) is 3.70. The van der Waals surface area contributed by atoms with Crippen LogP contribution in [0.5, 0.6) is 0 Å². The number of H-pyrrole nitrogens is 2. The number of cyclic esters (lactones) is 1. The number of aromatic amines is 2. The summed E-state index contributed by atoms with van der Waals surface area (Å²) in [6.45, 7) is 0. The summed E-state index contributed by atoms with van der Waals surface area (Å²) in [6, 6.07) is 19.6. The van der Waals surface area contributed by atoms with Crippen molar-refractivity contribution in [3.05, 3.63) is 99.5 Å². The number of anilines is 1. The van der Waals surface area contributed by atoms with Crippen molar-refractivity contribution in [2.24, 2.45) is 0 Å². The summed E-state index contributed by atoms with van der Waals surface area (Å²) in [7, 11) is 0. The molecule has 148 valence electrons. The van der Waals surface area contributed by atoms with E-state index in [-0.39, 0.29) is 23.7 Å². The Bertz CT molecular complexity index is 1340. The molecule has 0 saturated heterocycles. The van der Waals surface area contributed by atoms with Gasteiger partial charge in [0, 0.05) is 17.7 Å². The van der Waals surface area contributed by atoms with Crippen LogP contribution >= 0.6 is 0 Å². The summed E-state index contributed by atoms with van der Waals surface area (Å²) in [5.74, 6) is -0.691. The first-order valence-electron chi connectivity index (χ1n) is 9.49. The second-order valence-electron chi connectivity index (χ2n) is 7.17. The van der Waals surface area contributed by atoms with Crippen molar-refractivity contribution in [2.45, 2.75) is 12.5 Å². The van der Waals surface area contributed by atoms with Crippen LogP contribution in [-0.4, -0.2) is 21.8 Å². The molecule has 4 aromatic rings. The van der Waals surface area contributed by atoms with Gasteiger partial charge >= 0.3 is 11.7 Å². The fourth-order valence-corrected chi connectivity index (χ4v) is 3.70. The Hall–Kier alpha value is -4.13. The average molecular weight is 399 g/mol. The van der Waals surface area contributed by atoms with E-state index in [1.165, 1.54) is 0 Å². The van der Waals surface area contributed by atoms with Crippen molar-refractivity contribution >= 4 is 28.6 Å². The minimum atomic E-state index is -0.390. The lowest BCUT2D eigenvalue weighted by molar-refractivity contribution is 0.0252. The second-order valence-corrected chi connectivity index (χ2v) is 7.17. The van der Waals surface area contributed by atoms with Gasteiger partial charge < -0.3 is 20.0 Å². The van der Waals surface area contributed by atoms with Crippen molar-refractivity contribution < 1.29 is 14.3 Å². The van der Waals surface area contributed by atoms with E-state index in [0.29, 0.717) is 34.3 Å². The number of carbonyl (C=O) groups excluding carboxylic acids is 2. The maximum atomic E-state index is 12.8. The van der Waals surface area contributed by atoms with Gasteiger partial charge in [0.15, 0.2) is 0 Å². The molecule has 1 aliphatic rings. The molecule has 3 aromatic carbocycles. The first kappa shape index (κ1) is 17.9. The van der Waals surface area contributed by atoms with Gasteiger partial charge in [-0.15, -0.1) is 0 Å². The third kappa shape index (κ3) is 3.26. The predicted octanol–water partition coefficient (Wildman–Crippen LogP) is 3.56. The Morgan fingerprint density at radius 2 is 1.73 bits per heavy atom. The van der Waals surface area contributed by atoms with Gasteiger partial charge in [-0.3, -0.25) is 4.79 Å². The van der Waals surface area contributed by atoms with E-state index in [4.69, 9.17) is 4.74 Å². The molecule has 7 nitrogen and oxygen atoms in total. The first-order chi connectivity index (χ1) is 14.6. The van der Waals surface area contributed by atoms with Gasteiger partial charge in [0.05, 0.1) is 16.6 Å². The molecule has 0 aliphatic carbocycles. The van der Waals surface area contributed by atoms with E-state index in [2.05, 4.69) is 15.3 Å². The van der Waals surface area contributed by atoms with E-state index >= 15 is 0 Å². The molecule has 0 radical (unpaired) electrons. The Kier molecular flexibility index (Phi) is 4.21. The highest BCUT2D eigenvalue weighted by Crippen LogP contribution is 2.31. The summed E-state index contributed by atoms with van der Waals surface area (Å²) in [6.07, 6.45) is 0.125. The van der Waals surface area contributed by atoms with Gasteiger partial charge in [-0.2, -0.15) is 0 Å². The number of benzene rings is 3. The lowest BCUT2D eigenvalue weighted by Crippen LogP contribution is -2.23. The smallest absolute Gasteiger partial charge is 0.339 e. The largest absolute Gasteiger partial charge is 0.454 e. The van der Waals surface area contributed by atoms with Crippen LogP contribution in [0.3, 0.4) is 0 Å². The number of imidazole rings is 1. The number of hydrogen-bond donors (Lipinski definition) is 3. The van der Waals surface area contributed by atoms with Crippen molar-refractivity contribution in [3.63, 3.8) is 0 Å². The molecule has 0 saturated carbocycles. The number of carbonyl (C=O) groups is 2.